The molecule has 4 unspecified atom stereocenters. The molecule has 0 saturated carbocycles. The molecule has 10 nitrogen and oxygen atoms in total. The quantitative estimate of drug-likeness (QED) is 0.114. The van der Waals surface area contributed by atoms with Gasteiger partial charge >= 0.3 is 0 Å². The van der Waals surface area contributed by atoms with Crippen LogP contribution in [0.3, 0.4) is 0 Å². The van der Waals surface area contributed by atoms with Gasteiger partial charge in [-0.2, -0.15) is 0 Å². The van der Waals surface area contributed by atoms with Crippen LogP contribution in [0.1, 0.15) is 53.4 Å². The van der Waals surface area contributed by atoms with Crippen LogP contribution in [-0.2, 0) is 18.9 Å². The van der Waals surface area contributed by atoms with Crippen LogP contribution in [0.15, 0.2) is 0 Å². The summed E-state index contributed by atoms with van der Waals surface area (Å²) in [5, 5.41) is 41.9. The van der Waals surface area contributed by atoms with Crippen molar-refractivity contribution < 1.29 is 39.4 Å². The van der Waals surface area contributed by atoms with Crippen LogP contribution in [0.25, 0.3) is 0 Å². The Morgan fingerprint density at radius 2 is 0.667 bits per heavy atom. The minimum absolute atomic E-state index is 0.234. The summed E-state index contributed by atoms with van der Waals surface area (Å²) in [6.07, 6.45) is 0.788. The highest BCUT2D eigenvalue weighted by Gasteiger charge is 2.20. The van der Waals surface area contributed by atoms with Crippen LogP contribution < -0.4 is 0 Å². The Morgan fingerprint density at radius 1 is 0.444 bits per heavy atom. The van der Waals surface area contributed by atoms with E-state index in [1.165, 1.54) is 0 Å². The molecule has 0 amide bonds. The molecule has 10 heteroatoms. The number of ether oxygens (including phenoxy) is 4. The van der Waals surface area contributed by atoms with Gasteiger partial charge in [-0.15, -0.1) is 0 Å². The highest BCUT2D eigenvalue weighted by atomic mass is 16.5. The van der Waals surface area contributed by atoms with Crippen LogP contribution in [-0.4, -0.2) is 147 Å². The highest BCUT2D eigenvalue weighted by Crippen LogP contribution is 2.04. The average molecular weight is 525 g/mol. The molecule has 0 aliphatic rings. The van der Waals surface area contributed by atoms with Crippen LogP contribution in [0.4, 0.5) is 0 Å². The molecule has 0 aromatic heterocycles. The molecule has 0 radical (unpaired) electrons. The monoisotopic (exact) mass is 524 g/mol. The Labute approximate surface area is 219 Å². The predicted molar refractivity (Wildman–Crippen MR) is 141 cm³/mol. The van der Waals surface area contributed by atoms with Crippen molar-refractivity contribution >= 4 is 0 Å². The zero-order valence-corrected chi connectivity index (χ0v) is 23.4. The number of nitrogens with zero attached hydrogens (tertiary/aromatic N) is 2. The van der Waals surface area contributed by atoms with E-state index in [0.717, 1.165) is 25.7 Å². The van der Waals surface area contributed by atoms with Gasteiger partial charge in [0, 0.05) is 65.7 Å². The highest BCUT2D eigenvalue weighted by molar-refractivity contribution is 4.74. The molecule has 218 valence electrons. The zero-order valence-electron chi connectivity index (χ0n) is 23.4. The second-order valence-corrected chi connectivity index (χ2v) is 9.43. The maximum Gasteiger partial charge on any atom is 0.0900 e. The van der Waals surface area contributed by atoms with Crippen molar-refractivity contribution in [3.05, 3.63) is 0 Å². The SMILES string of the molecule is CCCOCC(O)CN(CCN(CC(O)COCCC)CC(O)COCCC)CC(O)COCCC. The van der Waals surface area contributed by atoms with Crippen molar-refractivity contribution in [3.8, 4) is 0 Å². The minimum Gasteiger partial charge on any atom is -0.389 e. The van der Waals surface area contributed by atoms with Gasteiger partial charge < -0.3 is 39.4 Å². The van der Waals surface area contributed by atoms with E-state index < -0.39 is 24.4 Å². The Kier molecular flexibility index (Phi) is 24.6. The van der Waals surface area contributed by atoms with E-state index in [-0.39, 0.29) is 26.4 Å². The van der Waals surface area contributed by atoms with Crippen LogP contribution in [0.5, 0.6) is 0 Å². The predicted octanol–water partition coefficient (Wildman–Crippen LogP) is 0.740. The van der Waals surface area contributed by atoms with Gasteiger partial charge in [0.25, 0.3) is 0 Å². The fourth-order valence-electron chi connectivity index (χ4n) is 3.65. The number of hydrogen-bond acceptors (Lipinski definition) is 10. The minimum atomic E-state index is -0.685. The molecule has 0 fully saturated rings. The third-order valence-corrected chi connectivity index (χ3v) is 5.24. The Morgan fingerprint density at radius 3 is 0.861 bits per heavy atom. The molecule has 0 spiro atoms. The Bertz CT molecular complexity index is 388. The molecule has 0 heterocycles. The van der Waals surface area contributed by atoms with Crippen molar-refractivity contribution in [3.63, 3.8) is 0 Å². The Balaban J connectivity index is 5.06. The van der Waals surface area contributed by atoms with E-state index in [2.05, 4.69) is 0 Å². The molecule has 0 aliphatic carbocycles. The van der Waals surface area contributed by atoms with E-state index >= 15 is 0 Å². The van der Waals surface area contributed by atoms with Crippen molar-refractivity contribution in [2.75, 3.05) is 92.1 Å². The topological polar surface area (TPSA) is 124 Å². The van der Waals surface area contributed by atoms with Gasteiger partial charge in [0.05, 0.1) is 50.8 Å². The summed E-state index contributed by atoms with van der Waals surface area (Å²) < 4.78 is 21.9. The van der Waals surface area contributed by atoms with Crippen molar-refractivity contribution in [2.45, 2.75) is 77.8 Å². The summed E-state index contributed by atoms with van der Waals surface area (Å²) >= 11 is 0. The fraction of sp³-hybridized carbons (Fsp3) is 1.00. The number of rotatable bonds is 27. The van der Waals surface area contributed by atoms with Crippen molar-refractivity contribution in [1.82, 2.24) is 9.80 Å². The van der Waals surface area contributed by atoms with Crippen LogP contribution in [0.2, 0.25) is 0 Å². The van der Waals surface area contributed by atoms with Gasteiger partial charge in [0.1, 0.15) is 0 Å². The normalized spacial score (nSPS) is 15.5. The zero-order chi connectivity index (χ0) is 27.0. The average Bonchev–Trinajstić information content (AvgIpc) is 2.83. The molecule has 4 N–H and O–H groups in total. The standard InChI is InChI=1S/C26H56N2O8/c1-5-11-33-19-23(29)15-27(16-24(30)20-34-12-6-2)9-10-28(17-25(31)21-35-13-7-3)18-26(32)22-36-14-8-4/h23-26,29-32H,5-22H2,1-4H3. The summed E-state index contributed by atoms with van der Waals surface area (Å²) in [7, 11) is 0. The number of hydrogen-bond donors (Lipinski definition) is 4. The van der Waals surface area contributed by atoms with E-state index in [9.17, 15) is 20.4 Å². The molecular formula is C26H56N2O8. The summed E-state index contributed by atoms with van der Waals surface area (Å²) in [6.45, 7) is 13.8. The van der Waals surface area contributed by atoms with E-state index in [0.29, 0.717) is 65.7 Å². The van der Waals surface area contributed by atoms with Crippen LogP contribution in [0, 0.1) is 0 Å². The lowest BCUT2D eigenvalue weighted by atomic mass is 10.2. The second-order valence-electron chi connectivity index (χ2n) is 9.43. The van der Waals surface area contributed by atoms with Gasteiger partial charge in [-0.25, -0.2) is 0 Å². The van der Waals surface area contributed by atoms with E-state index in [1.807, 2.05) is 37.5 Å². The molecule has 0 aromatic rings. The van der Waals surface area contributed by atoms with Gasteiger partial charge in [-0.1, -0.05) is 27.7 Å². The molecule has 0 aliphatic heterocycles. The number of aliphatic hydroxyl groups is 4. The van der Waals surface area contributed by atoms with Crippen molar-refractivity contribution in [1.29, 1.82) is 0 Å². The largest absolute Gasteiger partial charge is 0.389 e. The first-order chi connectivity index (χ1) is 17.4. The molecule has 4 atom stereocenters. The first-order valence-electron chi connectivity index (χ1n) is 13.8. The smallest absolute Gasteiger partial charge is 0.0900 e. The lowest BCUT2D eigenvalue weighted by Gasteiger charge is -2.32. The lowest BCUT2D eigenvalue weighted by molar-refractivity contribution is -0.0236. The first kappa shape index (κ1) is 35.6. The maximum absolute atomic E-state index is 10.5. The summed E-state index contributed by atoms with van der Waals surface area (Å²) in [6, 6.07) is 0. The van der Waals surface area contributed by atoms with Gasteiger partial charge in [0.2, 0.25) is 0 Å². The molecule has 0 rings (SSSR count). The Hall–Kier alpha value is -0.400. The first-order valence-corrected chi connectivity index (χ1v) is 13.8. The van der Waals surface area contributed by atoms with Crippen molar-refractivity contribution in [2.24, 2.45) is 0 Å². The summed E-state index contributed by atoms with van der Waals surface area (Å²) in [4.78, 5) is 3.96. The molecule has 0 saturated heterocycles. The third-order valence-electron chi connectivity index (χ3n) is 5.24. The van der Waals surface area contributed by atoms with Gasteiger partial charge in [0.15, 0.2) is 0 Å². The number of aliphatic hydroxyl groups excluding tert-OH is 4. The molecule has 36 heavy (non-hydrogen) atoms. The summed E-state index contributed by atoms with van der Waals surface area (Å²) in [5.41, 5.74) is 0. The van der Waals surface area contributed by atoms with Crippen LogP contribution >= 0.6 is 0 Å². The maximum atomic E-state index is 10.5. The molecule has 0 bridgehead atoms. The molecular weight excluding hydrogens is 468 g/mol. The fourth-order valence-corrected chi connectivity index (χ4v) is 3.65. The van der Waals surface area contributed by atoms with Gasteiger partial charge in [-0.3, -0.25) is 9.80 Å². The van der Waals surface area contributed by atoms with E-state index in [4.69, 9.17) is 18.9 Å². The van der Waals surface area contributed by atoms with Gasteiger partial charge in [-0.05, 0) is 25.7 Å². The second kappa shape index (κ2) is 24.9. The summed E-state index contributed by atoms with van der Waals surface area (Å²) in [5.74, 6) is 0. The lowest BCUT2D eigenvalue weighted by Crippen LogP contribution is -2.47. The van der Waals surface area contributed by atoms with E-state index in [1.54, 1.807) is 0 Å². The third kappa shape index (κ3) is 21.7. The molecule has 0 aromatic carbocycles.